The third-order valence-electron chi connectivity index (χ3n) is 7.10. The van der Waals surface area contributed by atoms with E-state index in [0.717, 1.165) is 5.56 Å². The average Bonchev–Trinajstić information content (AvgIpc) is 3.27. The highest BCUT2D eigenvalue weighted by Crippen LogP contribution is 2.31. The Morgan fingerprint density at radius 1 is 1.23 bits per heavy atom. The van der Waals surface area contributed by atoms with Crippen LogP contribution < -0.4 is 9.46 Å². The summed E-state index contributed by atoms with van der Waals surface area (Å²) in [6, 6.07) is 8.49. The van der Waals surface area contributed by atoms with Gasteiger partial charge in [-0.15, -0.1) is 0 Å². The zero-order valence-corrected chi connectivity index (χ0v) is 24.3. The van der Waals surface area contributed by atoms with Gasteiger partial charge < -0.3 is 19.3 Å². The first-order valence-electron chi connectivity index (χ1n) is 13.2. The van der Waals surface area contributed by atoms with Crippen molar-refractivity contribution in [1.82, 2.24) is 19.9 Å². The molecular weight excluding hydrogens is 534 g/mol. The van der Waals surface area contributed by atoms with E-state index < -0.39 is 10.0 Å². The van der Waals surface area contributed by atoms with Gasteiger partial charge in [-0.25, -0.2) is 8.42 Å². The van der Waals surface area contributed by atoms with Gasteiger partial charge in [-0.2, -0.15) is 0 Å². The van der Waals surface area contributed by atoms with E-state index in [2.05, 4.69) is 19.8 Å². The smallest absolute Gasteiger partial charge is 0.267 e. The first-order chi connectivity index (χ1) is 19.0. The van der Waals surface area contributed by atoms with Crippen LogP contribution in [0.5, 0.6) is 5.75 Å². The minimum absolute atomic E-state index is 0.00709. The molecule has 0 spiro atoms. The third-order valence-corrected chi connectivity index (χ3v) is 8.72. The average molecular weight is 572 g/mol. The Labute approximate surface area is 235 Å². The summed E-state index contributed by atoms with van der Waals surface area (Å²) in [5.41, 5.74) is 2.22. The van der Waals surface area contributed by atoms with E-state index in [4.69, 9.17) is 9.26 Å². The molecule has 0 saturated heterocycles. The van der Waals surface area contributed by atoms with Crippen LogP contribution in [0.4, 0.5) is 5.69 Å². The Morgan fingerprint density at radius 2 is 1.95 bits per heavy atom. The number of aromatic nitrogens is 2. The summed E-state index contributed by atoms with van der Waals surface area (Å²) in [4.78, 5) is 21.4. The molecule has 0 saturated carbocycles. The number of nitrogens with zero attached hydrogens (tertiary/aromatic N) is 4. The first-order valence-corrected chi connectivity index (χ1v) is 14.7. The lowest BCUT2D eigenvalue weighted by Crippen LogP contribution is -2.47. The highest BCUT2D eigenvalue weighted by molar-refractivity contribution is 7.92. The van der Waals surface area contributed by atoms with E-state index in [0.29, 0.717) is 30.9 Å². The minimum Gasteiger partial charge on any atom is -0.488 e. The summed E-state index contributed by atoms with van der Waals surface area (Å²) < 4.78 is 40.4. The molecule has 2 aromatic heterocycles. The van der Waals surface area contributed by atoms with E-state index in [9.17, 15) is 18.3 Å². The van der Waals surface area contributed by atoms with E-state index >= 15 is 0 Å². The van der Waals surface area contributed by atoms with Gasteiger partial charge in [0.2, 0.25) is 5.91 Å². The van der Waals surface area contributed by atoms with Crippen molar-refractivity contribution in [2.24, 2.45) is 5.92 Å². The molecule has 3 heterocycles. The summed E-state index contributed by atoms with van der Waals surface area (Å²) in [6.07, 6.45) is 3.23. The molecule has 0 fully saturated rings. The van der Waals surface area contributed by atoms with E-state index in [1.807, 2.05) is 33.0 Å². The van der Waals surface area contributed by atoms with Crippen molar-refractivity contribution < 1.29 is 27.6 Å². The number of pyridine rings is 1. The largest absolute Gasteiger partial charge is 0.488 e. The van der Waals surface area contributed by atoms with Crippen molar-refractivity contribution in [3.8, 4) is 5.75 Å². The Hall–Kier alpha value is -3.48. The van der Waals surface area contributed by atoms with Crippen molar-refractivity contribution in [2.75, 3.05) is 31.5 Å². The summed E-state index contributed by atoms with van der Waals surface area (Å²) >= 11 is 0. The number of hydrogen-bond donors (Lipinski definition) is 2. The molecule has 1 aliphatic heterocycles. The molecule has 4 rings (SSSR count). The molecule has 3 atom stereocenters. The summed E-state index contributed by atoms with van der Waals surface area (Å²) in [7, 11) is -1.97. The maximum Gasteiger partial charge on any atom is 0.267 e. The van der Waals surface area contributed by atoms with Crippen LogP contribution in [0.2, 0.25) is 0 Å². The van der Waals surface area contributed by atoms with E-state index in [1.54, 1.807) is 42.4 Å². The number of fused-ring (bicyclic) bond motifs is 1. The van der Waals surface area contributed by atoms with Crippen LogP contribution in [-0.2, 0) is 27.8 Å². The molecule has 0 unspecified atom stereocenters. The molecule has 11 nitrogen and oxygen atoms in total. The van der Waals surface area contributed by atoms with Gasteiger partial charge in [0.15, 0.2) is 10.7 Å². The predicted octanol–water partition coefficient (Wildman–Crippen LogP) is 2.77. The molecule has 0 aliphatic carbocycles. The molecule has 216 valence electrons. The number of benzene rings is 1. The van der Waals surface area contributed by atoms with Crippen molar-refractivity contribution >= 4 is 21.6 Å². The Kier molecular flexibility index (Phi) is 9.12. The summed E-state index contributed by atoms with van der Waals surface area (Å²) in [5.74, 6) is 0.477. The summed E-state index contributed by atoms with van der Waals surface area (Å²) in [5, 5.41) is 13.6. The number of aryl methyl sites for hydroxylation is 2. The number of anilines is 1. The lowest BCUT2D eigenvalue weighted by Gasteiger charge is -2.34. The topological polar surface area (TPSA) is 138 Å². The fourth-order valence-corrected chi connectivity index (χ4v) is 6.33. The Bertz CT molecular complexity index is 1410. The SMILES string of the molecule is Cc1noc(C)c1S(=O)(=O)Nc1ccc2c(c1)CC(=O)N([C@H](C)CO)C[C@@H](C)[C@H](CN(C)Cc1ccncc1)O2. The number of likely N-dealkylation sites (N-methyl/N-ethyl adjacent to an activating group) is 1. The zero-order chi connectivity index (χ0) is 29.0. The van der Waals surface area contributed by atoms with Crippen molar-refractivity contribution in [3.63, 3.8) is 0 Å². The molecule has 1 aliphatic rings. The van der Waals surface area contributed by atoms with Crippen LogP contribution >= 0.6 is 0 Å². The fraction of sp³-hybridized carbons (Fsp3) is 0.464. The number of aliphatic hydroxyl groups is 1. The van der Waals surface area contributed by atoms with Crippen molar-refractivity contribution in [1.29, 1.82) is 0 Å². The number of rotatable bonds is 9. The predicted molar refractivity (Wildman–Crippen MR) is 149 cm³/mol. The van der Waals surface area contributed by atoms with Gasteiger partial charge in [0, 0.05) is 49.2 Å². The number of hydrogen-bond acceptors (Lipinski definition) is 9. The van der Waals surface area contributed by atoms with Gasteiger partial charge in [0.25, 0.3) is 10.0 Å². The van der Waals surface area contributed by atoms with Crippen LogP contribution in [0, 0.1) is 19.8 Å². The quantitative estimate of drug-likeness (QED) is 0.397. The number of aliphatic hydroxyl groups excluding tert-OH is 1. The van der Waals surface area contributed by atoms with E-state index in [-0.39, 0.29) is 59.0 Å². The van der Waals surface area contributed by atoms with Gasteiger partial charge >= 0.3 is 0 Å². The van der Waals surface area contributed by atoms with Gasteiger partial charge in [-0.3, -0.25) is 19.4 Å². The molecule has 12 heteroatoms. The number of amides is 1. The second-order valence-corrected chi connectivity index (χ2v) is 12.1. The van der Waals surface area contributed by atoms with Gasteiger partial charge in [0.05, 0.1) is 19.1 Å². The maximum absolute atomic E-state index is 13.5. The molecule has 0 bridgehead atoms. The van der Waals surface area contributed by atoms with E-state index in [1.165, 1.54) is 6.92 Å². The molecular formula is C28H37N5O6S. The monoisotopic (exact) mass is 571 g/mol. The summed E-state index contributed by atoms with van der Waals surface area (Å²) in [6.45, 7) is 8.46. The van der Waals surface area contributed by atoms with Crippen molar-refractivity contribution in [2.45, 2.75) is 57.7 Å². The number of nitrogens with one attached hydrogen (secondary N) is 1. The first kappa shape index (κ1) is 29.5. The third kappa shape index (κ3) is 6.80. The maximum atomic E-state index is 13.5. The highest BCUT2D eigenvalue weighted by atomic mass is 32.2. The van der Waals surface area contributed by atoms with Gasteiger partial charge in [0.1, 0.15) is 17.5 Å². The number of carbonyl (C=O) groups is 1. The normalized spacial score (nSPS) is 18.9. The zero-order valence-electron chi connectivity index (χ0n) is 23.5. The number of ether oxygens (including phenoxy) is 1. The molecule has 40 heavy (non-hydrogen) atoms. The molecule has 1 amide bonds. The molecule has 1 aromatic carbocycles. The van der Waals surface area contributed by atoms with Crippen LogP contribution in [0.15, 0.2) is 52.1 Å². The van der Waals surface area contributed by atoms with Gasteiger partial charge in [-0.05, 0) is 63.7 Å². The highest BCUT2D eigenvalue weighted by Gasteiger charge is 2.31. The number of carbonyl (C=O) groups excluding carboxylic acids is 1. The second-order valence-electron chi connectivity index (χ2n) is 10.5. The Morgan fingerprint density at radius 3 is 2.60 bits per heavy atom. The molecule has 0 radical (unpaired) electrons. The molecule has 2 N–H and O–H groups in total. The van der Waals surface area contributed by atoms with Crippen LogP contribution in [0.25, 0.3) is 0 Å². The fourth-order valence-electron chi connectivity index (χ4n) is 4.95. The van der Waals surface area contributed by atoms with Crippen LogP contribution in [-0.4, -0.2) is 78.3 Å². The second kappa shape index (κ2) is 12.4. The Balaban J connectivity index is 1.65. The van der Waals surface area contributed by atoms with Crippen LogP contribution in [0.3, 0.4) is 0 Å². The molecule has 3 aromatic rings. The lowest BCUT2D eigenvalue weighted by molar-refractivity contribution is -0.134. The lowest BCUT2D eigenvalue weighted by atomic mass is 10.0. The van der Waals surface area contributed by atoms with Gasteiger partial charge in [-0.1, -0.05) is 12.1 Å². The number of sulfonamides is 1. The minimum atomic E-state index is -3.97. The standard InChI is InChI=1S/C28H37N5O6S/c1-18-14-33(19(2)17-34)27(35)13-23-12-24(31-40(36,37)28-20(3)30-39-21(28)4)6-7-25(23)38-26(18)16-32(5)15-22-8-10-29-11-9-22/h6-12,18-19,26,31,34H,13-17H2,1-5H3/t18-,19-,26+/m1/s1. The van der Waals surface area contributed by atoms with Crippen molar-refractivity contribution in [3.05, 3.63) is 65.3 Å². The van der Waals surface area contributed by atoms with Crippen LogP contribution in [0.1, 0.15) is 36.4 Å².